The Balaban J connectivity index is 0.00000264. The molecule has 8 heteroatoms. The van der Waals surface area contributed by atoms with E-state index in [0.717, 1.165) is 35.8 Å². The number of aromatic nitrogens is 1. The number of benzene rings is 1. The van der Waals surface area contributed by atoms with Crippen molar-refractivity contribution in [1.82, 2.24) is 15.6 Å². The number of carbonyl (C=O) groups is 1. The molecule has 1 aromatic heterocycles. The molecule has 2 aromatic rings. The van der Waals surface area contributed by atoms with Crippen LogP contribution in [-0.2, 0) is 0 Å². The van der Waals surface area contributed by atoms with Gasteiger partial charge in [-0.05, 0) is 32.0 Å². The van der Waals surface area contributed by atoms with E-state index in [4.69, 9.17) is 11.6 Å². The molecule has 4 nitrogen and oxygen atoms in total. The number of amides is 1. The highest BCUT2D eigenvalue weighted by atomic mass is 35.5. The van der Waals surface area contributed by atoms with Crippen LogP contribution in [0, 0.1) is 6.92 Å². The summed E-state index contributed by atoms with van der Waals surface area (Å²) in [7, 11) is 0. The van der Waals surface area contributed by atoms with Gasteiger partial charge in [0.2, 0.25) is 0 Å². The highest BCUT2D eigenvalue weighted by molar-refractivity contribution is 7.17. The Labute approximate surface area is 164 Å². The third-order valence-corrected chi connectivity index (χ3v) is 4.57. The van der Waals surface area contributed by atoms with Gasteiger partial charge in [-0.15, -0.1) is 36.2 Å². The fourth-order valence-corrected chi connectivity index (χ4v) is 3.08. The molecule has 0 aliphatic carbocycles. The van der Waals surface area contributed by atoms with Crippen molar-refractivity contribution in [3.8, 4) is 10.6 Å². The number of nitrogens with zero attached hydrogens (tertiary/aromatic N) is 1. The summed E-state index contributed by atoms with van der Waals surface area (Å²) >= 11 is 7.30. The average molecular weight is 411 g/mol. The monoisotopic (exact) mass is 409 g/mol. The molecule has 0 unspecified atom stereocenters. The second kappa shape index (κ2) is 11.7. The summed E-state index contributed by atoms with van der Waals surface area (Å²) in [5, 5.41) is 7.70. The first-order chi connectivity index (χ1) is 10.6. The molecule has 0 saturated heterocycles. The number of thiazole rings is 1. The van der Waals surface area contributed by atoms with Crippen LogP contribution >= 0.6 is 47.8 Å². The number of nitrogens with one attached hydrogen (secondary N) is 2. The molecule has 0 fully saturated rings. The zero-order chi connectivity index (χ0) is 15.9. The van der Waals surface area contributed by atoms with Gasteiger partial charge in [0.1, 0.15) is 9.88 Å². The van der Waals surface area contributed by atoms with Crippen LogP contribution in [0.15, 0.2) is 24.3 Å². The average Bonchev–Trinajstić information content (AvgIpc) is 2.89. The predicted octanol–water partition coefficient (Wildman–Crippen LogP) is 4.34. The van der Waals surface area contributed by atoms with E-state index < -0.39 is 0 Å². The zero-order valence-electron chi connectivity index (χ0n) is 13.6. The van der Waals surface area contributed by atoms with Gasteiger partial charge in [0.05, 0.1) is 5.69 Å². The molecule has 2 rings (SSSR count). The molecule has 134 valence electrons. The molecular formula is C16H22Cl3N3OS. The first-order valence-electron chi connectivity index (χ1n) is 7.34. The molecule has 0 aliphatic rings. The van der Waals surface area contributed by atoms with Crippen molar-refractivity contribution in [2.24, 2.45) is 0 Å². The molecule has 0 aliphatic heterocycles. The lowest BCUT2D eigenvalue weighted by Gasteiger charge is -2.04. The molecule has 0 radical (unpaired) electrons. The third kappa shape index (κ3) is 6.57. The maximum absolute atomic E-state index is 12.2. The molecule has 0 atom stereocenters. The van der Waals surface area contributed by atoms with Gasteiger partial charge in [-0.2, -0.15) is 0 Å². The van der Waals surface area contributed by atoms with Gasteiger partial charge in [-0.1, -0.05) is 30.7 Å². The van der Waals surface area contributed by atoms with Gasteiger partial charge in [-0.3, -0.25) is 4.79 Å². The van der Waals surface area contributed by atoms with E-state index in [1.54, 1.807) is 0 Å². The number of hydrogen-bond donors (Lipinski definition) is 2. The summed E-state index contributed by atoms with van der Waals surface area (Å²) in [6.07, 6.45) is 1.09. The molecule has 1 amide bonds. The lowest BCUT2D eigenvalue weighted by Crippen LogP contribution is -2.32. The van der Waals surface area contributed by atoms with Crippen molar-refractivity contribution in [1.29, 1.82) is 0 Å². The normalized spacial score (nSPS) is 9.79. The van der Waals surface area contributed by atoms with Crippen molar-refractivity contribution >= 4 is 53.7 Å². The largest absolute Gasteiger partial charge is 0.350 e. The Morgan fingerprint density at radius 1 is 1.17 bits per heavy atom. The van der Waals surface area contributed by atoms with Crippen molar-refractivity contribution in [2.45, 2.75) is 20.3 Å². The molecule has 1 aromatic carbocycles. The van der Waals surface area contributed by atoms with Gasteiger partial charge >= 0.3 is 0 Å². The van der Waals surface area contributed by atoms with Gasteiger partial charge in [0.15, 0.2) is 0 Å². The maximum atomic E-state index is 12.2. The SMILES string of the molecule is CCCNCCNC(=O)c1sc(-c2ccc(Cl)cc2)nc1C.Cl.Cl. The first kappa shape index (κ1) is 23.1. The standard InChI is InChI=1S/C16H20ClN3OS.2ClH/c1-3-8-18-9-10-19-15(21)14-11(2)20-16(22-14)12-4-6-13(17)7-5-12;;/h4-7,18H,3,8-10H2,1-2H3,(H,19,21);2*1H. The third-order valence-electron chi connectivity index (χ3n) is 3.11. The van der Waals surface area contributed by atoms with Gasteiger partial charge in [0.25, 0.3) is 5.91 Å². The molecule has 1 heterocycles. The Kier molecular flexibility index (Phi) is 11.2. The smallest absolute Gasteiger partial charge is 0.263 e. The van der Waals surface area contributed by atoms with Crippen molar-refractivity contribution in [2.75, 3.05) is 19.6 Å². The van der Waals surface area contributed by atoms with Crippen LogP contribution in [0.5, 0.6) is 0 Å². The summed E-state index contributed by atoms with van der Waals surface area (Å²) in [4.78, 5) is 17.4. The molecule has 24 heavy (non-hydrogen) atoms. The van der Waals surface area contributed by atoms with E-state index >= 15 is 0 Å². The quantitative estimate of drug-likeness (QED) is 0.667. The van der Waals surface area contributed by atoms with Gasteiger partial charge in [-0.25, -0.2) is 4.98 Å². The van der Waals surface area contributed by atoms with Crippen LogP contribution in [0.4, 0.5) is 0 Å². The highest BCUT2D eigenvalue weighted by Gasteiger charge is 2.15. The van der Waals surface area contributed by atoms with Crippen LogP contribution in [0.2, 0.25) is 5.02 Å². The van der Waals surface area contributed by atoms with Crippen LogP contribution in [0.3, 0.4) is 0 Å². The van der Waals surface area contributed by atoms with Crippen molar-refractivity contribution < 1.29 is 4.79 Å². The minimum atomic E-state index is -0.0616. The summed E-state index contributed by atoms with van der Waals surface area (Å²) in [5.74, 6) is -0.0616. The molecule has 2 N–H and O–H groups in total. The zero-order valence-corrected chi connectivity index (χ0v) is 16.8. The van der Waals surface area contributed by atoms with Crippen molar-refractivity contribution in [3.05, 3.63) is 39.9 Å². The second-order valence-electron chi connectivity index (χ2n) is 4.95. The van der Waals surface area contributed by atoms with E-state index in [-0.39, 0.29) is 30.7 Å². The number of aryl methyl sites for hydroxylation is 1. The van der Waals surface area contributed by atoms with E-state index in [1.165, 1.54) is 11.3 Å². The maximum Gasteiger partial charge on any atom is 0.263 e. The lowest BCUT2D eigenvalue weighted by atomic mass is 10.2. The lowest BCUT2D eigenvalue weighted by molar-refractivity contribution is 0.0957. The predicted molar refractivity (Wildman–Crippen MR) is 107 cm³/mol. The van der Waals surface area contributed by atoms with Gasteiger partial charge in [0, 0.05) is 23.7 Å². The van der Waals surface area contributed by atoms with Gasteiger partial charge < -0.3 is 10.6 Å². The fourth-order valence-electron chi connectivity index (χ4n) is 1.97. The van der Waals surface area contributed by atoms with E-state index in [9.17, 15) is 4.79 Å². The molecule has 0 spiro atoms. The molecule has 0 saturated carbocycles. The van der Waals surface area contributed by atoms with Crippen LogP contribution in [0.25, 0.3) is 10.6 Å². The highest BCUT2D eigenvalue weighted by Crippen LogP contribution is 2.28. The summed E-state index contributed by atoms with van der Waals surface area (Å²) in [5.41, 5.74) is 1.73. The second-order valence-corrected chi connectivity index (χ2v) is 6.38. The van der Waals surface area contributed by atoms with E-state index in [2.05, 4.69) is 22.5 Å². The Bertz CT molecular complexity index is 632. The number of hydrogen-bond acceptors (Lipinski definition) is 4. The minimum Gasteiger partial charge on any atom is -0.350 e. The molecular weight excluding hydrogens is 389 g/mol. The van der Waals surface area contributed by atoms with E-state index in [1.807, 2.05) is 31.2 Å². The van der Waals surface area contributed by atoms with E-state index in [0.29, 0.717) is 16.4 Å². The summed E-state index contributed by atoms with van der Waals surface area (Å²) in [6.45, 7) is 6.34. The van der Waals surface area contributed by atoms with Crippen LogP contribution < -0.4 is 10.6 Å². The Hall–Kier alpha value is -0.850. The van der Waals surface area contributed by atoms with Crippen LogP contribution in [0.1, 0.15) is 28.7 Å². The molecule has 0 bridgehead atoms. The summed E-state index contributed by atoms with van der Waals surface area (Å²) in [6, 6.07) is 7.48. The topological polar surface area (TPSA) is 54.0 Å². The fraction of sp³-hybridized carbons (Fsp3) is 0.375. The number of rotatable bonds is 7. The summed E-state index contributed by atoms with van der Waals surface area (Å²) < 4.78 is 0. The minimum absolute atomic E-state index is 0. The van der Waals surface area contributed by atoms with Crippen molar-refractivity contribution in [3.63, 3.8) is 0 Å². The number of carbonyl (C=O) groups excluding carboxylic acids is 1. The Morgan fingerprint density at radius 3 is 2.46 bits per heavy atom. The van der Waals surface area contributed by atoms with Crippen LogP contribution in [-0.4, -0.2) is 30.5 Å². The first-order valence-corrected chi connectivity index (χ1v) is 8.53. The number of halogens is 3. The Morgan fingerprint density at radius 2 is 1.83 bits per heavy atom.